The van der Waals surface area contributed by atoms with E-state index in [1.807, 2.05) is 6.07 Å². The molecule has 0 saturated heterocycles. The minimum absolute atomic E-state index is 0.249. The zero-order valence-electron chi connectivity index (χ0n) is 11.9. The van der Waals surface area contributed by atoms with Gasteiger partial charge in [-0.3, -0.25) is 4.79 Å². The summed E-state index contributed by atoms with van der Waals surface area (Å²) in [6, 6.07) is 6.19. The Kier molecular flexibility index (Phi) is 3.34. The van der Waals surface area contributed by atoms with Crippen LogP contribution >= 0.6 is 0 Å². The number of ketones is 1. The van der Waals surface area contributed by atoms with Gasteiger partial charge in [0.1, 0.15) is 0 Å². The van der Waals surface area contributed by atoms with Crippen LogP contribution in [-0.2, 0) is 6.42 Å². The smallest absolute Gasteiger partial charge is 0.165 e. The van der Waals surface area contributed by atoms with Crippen LogP contribution in [0.3, 0.4) is 0 Å². The standard InChI is InChI=1S/C17H23NO/c1-11-3-4-14(9-12(11)2)17(19)15-5-6-16-13(10-15)7-8-18-16/h5-6,10-12,14,18H,3-4,7-9H2,1-2H3. The number of fused-ring (bicyclic) bond motifs is 1. The van der Waals surface area contributed by atoms with Gasteiger partial charge in [-0.05, 0) is 61.3 Å². The van der Waals surface area contributed by atoms with Gasteiger partial charge < -0.3 is 5.32 Å². The van der Waals surface area contributed by atoms with Crippen LogP contribution in [-0.4, -0.2) is 12.3 Å². The third kappa shape index (κ3) is 2.41. The highest BCUT2D eigenvalue weighted by molar-refractivity contribution is 5.98. The molecule has 1 aliphatic heterocycles. The Labute approximate surface area is 115 Å². The minimum atomic E-state index is 0.249. The fourth-order valence-corrected chi connectivity index (χ4v) is 3.48. The summed E-state index contributed by atoms with van der Waals surface area (Å²) in [5.74, 6) is 2.07. The molecule has 1 aliphatic carbocycles. The van der Waals surface area contributed by atoms with E-state index in [4.69, 9.17) is 0 Å². The van der Waals surface area contributed by atoms with Crippen LogP contribution in [0, 0.1) is 17.8 Å². The zero-order valence-corrected chi connectivity index (χ0v) is 11.9. The van der Waals surface area contributed by atoms with E-state index >= 15 is 0 Å². The molecule has 1 N–H and O–H groups in total. The van der Waals surface area contributed by atoms with Gasteiger partial charge in [-0.15, -0.1) is 0 Å². The number of carbonyl (C=O) groups excluding carboxylic acids is 1. The second-order valence-corrected chi connectivity index (χ2v) is 6.38. The second-order valence-electron chi connectivity index (χ2n) is 6.38. The predicted molar refractivity (Wildman–Crippen MR) is 78.6 cm³/mol. The molecular formula is C17H23NO. The van der Waals surface area contributed by atoms with Crippen molar-refractivity contribution in [2.75, 3.05) is 11.9 Å². The molecule has 3 rings (SSSR count). The van der Waals surface area contributed by atoms with Crippen molar-refractivity contribution in [3.8, 4) is 0 Å². The van der Waals surface area contributed by atoms with Crippen LogP contribution in [0.25, 0.3) is 0 Å². The van der Waals surface area contributed by atoms with E-state index in [0.29, 0.717) is 11.7 Å². The average Bonchev–Trinajstić information content (AvgIpc) is 2.88. The lowest BCUT2D eigenvalue weighted by atomic mass is 9.73. The number of hydrogen-bond donors (Lipinski definition) is 1. The summed E-state index contributed by atoms with van der Waals surface area (Å²) in [4.78, 5) is 12.6. The summed E-state index contributed by atoms with van der Waals surface area (Å²) in [6.45, 7) is 5.61. The molecule has 0 aromatic heterocycles. The van der Waals surface area contributed by atoms with Crippen molar-refractivity contribution in [1.82, 2.24) is 0 Å². The predicted octanol–water partition coefficient (Wildman–Crippen LogP) is 3.91. The molecule has 1 saturated carbocycles. The highest BCUT2D eigenvalue weighted by Gasteiger charge is 2.30. The highest BCUT2D eigenvalue weighted by atomic mass is 16.1. The molecule has 0 radical (unpaired) electrons. The molecule has 2 aliphatic rings. The summed E-state index contributed by atoms with van der Waals surface area (Å²) >= 11 is 0. The summed E-state index contributed by atoms with van der Waals surface area (Å²) in [5.41, 5.74) is 3.44. The maximum atomic E-state index is 12.6. The van der Waals surface area contributed by atoms with Gasteiger partial charge in [-0.1, -0.05) is 13.8 Å². The van der Waals surface area contributed by atoms with Crippen molar-refractivity contribution < 1.29 is 4.79 Å². The van der Waals surface area contributed by atoms with Gasteiger partial charge in [-0.2, -0.15) is 0 Å². The van der Waals surface area contributed by atoms with Crippen molar-refractivity contribution in [3.05, 3.63) is 29.3 Å². The van der Waals surface area contributed by atoms with E-state index < -0.39 is 0 Å². The van der Waals surface area contributed by atoms with Crippen molar-refractivity contribution in [3.63, 3.8) is 0 Å². The van der Waals surface area contributed by atoms with Gasteiger partial charge in [0.25, 0.3) is 0 Å². The van der Waals surface area contributed by atoms with Gasteiger partial charge in [0, 0.05) is 23.7 Å². The molecule has 2 nitrogen and oxygen atoms in total. The number of anilines is 1. The number of Topliss-reactive ketones (excluding diaryl/α,β-unsaturated/α-hetero) is 1. The van der Waals surface area contributed by atoms with Gasteiger partial charge in [0.2, 0.25) is 0 Å². The first-order chi connectivity index (χ1) is 9.15. The lowest BCUT2D eigenvalue weighted by Gasteiger charge is -2.31. The van der Waals surface area contributed by atoms with E-state index in [9.17, 15) is 4.79 Å². The molecule has 3 unspecified atom stereocenters. The van der Waals surface area contributed by atoms with Gasteiger partial charge in [0.05, 0.1) is 0 Å². The Bertz CT molecular complexity index is 494. The second kappa shape index (κ2) is 4.99. The lowest BCUT2D eigenvalue weighted by Crippen LogP contribution is -2.26. The Morgan fingerprint density at radius 1 is 1.21 bits per heavy atom. The van der Waals surface area contributed by atoms with Crippen LogP contribution in [0.4, 0.5) is 5.69 Å². The maximum Gasteiger partial charge on any atom is 0.165 e. The summed E-state index contributed by atoms with van der Waals surface area (Å²) in [7, 11) is 0. The van der Waals surface area contributed by atoms with E-state index in [2.05, 4.69) is 31.3 Å². The largest absolute Gasteiger partial charge is 0.384 e. The maximum absolute atomic E-state index is 12.6. The normalized spacial score (nSPS) is 29.7. The molecule has 1 aromatic rings. The average molecular weight is 257 g/mol. The molecule has 2 heteroatoms. The Balaban J connectivity index is 1.77. The highest BCUT2D eigenvalue weighted by Crippen LogP contribution is 2.35. The first-order valence-corrected chi connectivity index (χ1v) is 7.56. The van der Waals surface area contributed by atoms with Crippen molar-refractivity contribution in [1.29, 1.82) is 0 Å². The van der Waals surface area contributed by atoms with Crippen LogP contribution in [0.1, 0.15) is 49.0 Å². The van der Waals surface area contributed by atoms with E-state index in [-0.39, 0.29) is 5.92 Å². The van der Waals surface area contributed by atoms with Crippen molar-refractivity contribution >= 4 is 11.5 Å². The zero-order chi connectivity index (χ0) is 13.4. The molecule has 3 atom stereocenters. The van der Waals surface area contributed by atoms with Gasteiger partial charge in [-0.25, -0.2) is 0 Å². The fourth-order valence-electron chi connectivity index (χ4n) is 3.48. The third-order valence-electron chi connectivity index (χ3n) is 5.07. The molecule has 1 aromatic carbocycles. The molecule has 1 fully saturated rings. The third-order valence-corrected chi connectivity index (χ3v) is 5.07. The van der Waals surface area contributed by atoms with E-state index in [0.717, 1.165) is 37.3 Å². The topological polar surface area (TPSA) is 29.1 Å². The first-order valence-electron chi connectivity index (χ1n) is 7.56. The fraction of sp³-hybridized carbons (Fsp3) is 0.588. The summed E-state index contributed by atoms with van der Waals surface area (Å²) in [5, 5.41) is 3.35. The van der Waals surface area contributed by atoms with Gasteiger partial charge in [0.15, 0.2) is 5.78 Å². The monoisotopic (exact) mass is 257 g/mol. The minimum Gasteiger partial charge on any atom is -0.384 e. The number of benzene rings is 1. The number of rotatable bonds is 2. The molecule has 19 heavy (non-hydrogen) atoms. The molecule has 0 amide bonds. The molecule has 0 spiro atoms. The Morgan fingerprint density at radius 2 is 2.05 bits per heavy atom. The summed E-state index contributed by atoms with van der Waals surface area (Å²) in [6.07, 6.45) is 4.38. The van der Waals surface area contributed by atoms with Gasteiger partial charge >= 0.3 is 0 Å². The van der Waals surface area contributed by atoms with E-state index in [1.165, 1.54) is 17.7 Å². The number of nitrogens with one attached hydrogen (secondary N) is 1. The molecule has 102 valence electrons. The van der Waals surface area contributed by atoms with Crippen LogP contribution in [0.5, 0.6) is 0 Å². The Morgan fingerprint density at radius 3 is 2.84 bits per heavy atom. The van der Waals surface area contributed by atoms with Crippen molar-refractivity contribution in [2.45, 2.75) is 39.5 Å². The number of hydrogen-bond acceptors (Lipinski definition) is 2. The Hall–Kier alpha value is -1.31. The molecule has 1 heterocycles. The van der Waals surface area contributed by atoms with Crippen LogP contribution in [0.15, 0.2) is 18.2 Å². The molecule has 0 bridgehead atoms. The van der Waals surface area contributed by atoms with Crippen molar-refractivity contribution in [2.24, 2.45) is 17.8 Å². The van der Waals surface area contributed by atoms with Crippen LogP contribution < -0.4 is 5.32 Å². The van der Waals surface area contributed by atoms with Crippen LogP contribution in [0.2, 0.25) is 0 Å². The summed E-state index contributed by atoms with van der Waals surface area (Å²) < 4.78 is 0. The first kappa shape index (κ1) is 12.7. The quantitative estimate of drug-likeness (QED) is 0.814. The lowest BCUT2D eigenvalue weighted by molar-refractivity contribution is 0.0837. The SMILES string of the molecule is CC1CCC(C(=O)c2ccc3c(c2)CCN3)CC1C. The number of carbonyl (C=O) groups is 1. The van der Waals surface area contributed by atoms with E-state index in [1.54, 1.807) is 0 Å². The molecular weight excluding hydrogens is 234 g/mol.